The van der Waals surface area contributed by atoms with E-state index in [1.165, 1.54) is 0 Å². The normalized spacial score (nSPS) is 32.5. The van der Waals surface area contributed by atoms with Gasteiger partial charge < -0.3 is 20.1 Å². The minimum Gasteiger partial charge on any atom is -0.388 e. The van der Waals surface area contributed by atoms with Crippen molar-refractivity contribution < 1.29 is 20.1 Å². The zero-order valence-corrected chi connectivity index (χ0v) is 12.5. The van der Waals surface area contributed by atoms with Gasteiger partial charge in [-0.05, 0) is 30.3 Å². The minimum atomic E-state index is -1.19. The number of aliphatic hydroxyl groups excluding tert-OH is 3. The maximum Gasteiger partial charge on any atom is 0.111 e. The van der Waals surface area contributed by atoms with E-state index in [4.69, 9.17) is 4.74 Å². The fourth-order valence-electron chi connectivity index (χ4n) is 2.44. The molecule has 0 amide bonds. The Bertz CT molecular complexity index is 515. The monoisotopic (exact) mass is 309 g/mol. The molecule has 1 aromatic rings. The van der Waals surface area contributed by atoms with Crippen molar-refractivity contribution in [1.82, 2.24) is 0 Å². The molecule has 6 heteroatoms. The predicted molar refractivity (Wildman–Crippen MR) is 81.2 cm³/mol. The molecule has 1 aliphatic rings. The zero-order chi connectivity index (χ0) is 15.4. The molecular weight excluding hydrogens is 290 g/mol. The van der Waals surface area contributed by atoms with Crippen molar-refractivity contribution in [2.24, 2.45) is 4.99 Å². The summed E-state index contributed by atoms with van der Waals surface area (Å²) in [4.78, 5) is 3.87. The summed E-state index contributed by atoms with van der Waals surface area (Å²) in [6, 6.07) is 7.70. The van der Waals surface area contributed by atoms with Gasteiger partial charge in [-0.25, -0.2) is 4.99 Å². The molecule has 2 rings (SSSR count). The molecule has 5 nitrogen and oxygen atoms in total. The minimum absolute atomic E-state index is 0.464. The van der Waals surface area contributed by atoms with Crippen LogP contribution in [0, 0.1) is 0 Å². The highest BCUT2D eigenvalue weighted by molar-refractivity contribution is 7.78. The van der Waals surface area contributed by atoms with E-state index in [1.807, 2.05) is 24.3 Å². The van der Waals surface area contributed by atoms with Crippen LogP contribution in [0.15, 0.2) is 29.3 Å². The number of aliphatic hydroxyl groups is 3. The number of rotatable bonds is 4. The van der Waals surface area contributed by atoms with Gasteiger partial charge in [0, 0.05) is 6.42 Å². The van der Waals surface area contributed by atoms with Crippen LogP contribution in [0.5, 0.6) is 0 Å². The van der Waals surface area contributed by atoms with Crippen molar-refractivity contribution in [2.75, 3.05) is 0 Å². The second kappa shape index (κ2) is 7.22. The Morgan fingerprint density at radius 1 is 1.10 bits per heavy atom. The molecule has 1 aliphatic heterocycles. The summed E-state index contributed by atoms with van der Waals surface area (Å²) in [6.07, 6.45) is -3.93. The first-order chi connectivity index (χ1) is 10.0. The molecule has 1 aromatic carbocycles. The van der Waals surface area contributed by atoms with E-state index < -0.39 is 30.5 Å². The summed E-state index contributed by atoms with van der Waals surface area (Å²) in [5.74, 6) is 0. The van der Waals surface area contributed by atoms with Gasteiger partial charge >= 0.3 is 0 Å². The molecule has 0 aliphatic carbocycles. The fourth-order valence-corrected chi connectivity index (χ4v) is 2.51. The smallest absolute Gasteiger partial charge is 0.111 e. The summed E-state index contributed by atoms with van der Waals surface area (Å²) in [5, 5.41) is 31.8. The lowest BCUT2D eigenvalue weighted by Gasteiger charge is -2.39. The third-order valence-electron chi connectivity index (χ3n) is 3.74. The van der Waals surface area contributed by atoms with Gasteiger partial charge in [0.25, 0.3) is 0 Å². The van der Waals surface area contributed by atoms with Crippen molar-refractivity contribution in [2.45, 2.75) is 50.4 Å². The van der Waals surface area contributed by atoms with Crippen LogP contribution in [0.25, 0.3) is 0 Å². The summed E-state index contributed by atoms with van der Waals surface area (Å²) in [6.45, 7) is 2.17. The average molecular weight is 309 g/mol. The van der Waals surface area contributed by atoms with Gasteiger partial charge in [0.05, 0.1) is 23.9 Å². The molecule has 5 unspecified atom stereocenters. The van der Waals surface area contributed by atoms with Crippen LogP contribution in [0.3, 0.4) is 0 Å². The van der Waals surface area contributed by atoms with Gasteiger partial charge in [0.1, 0.15) is 18.3 Å². The molecule has 0 spiro atoms. The molecule has 21 heavy (non-hydrogen) atoms. The van der Waals surface area contributed by atoms with E-state index in [2.05, 4.69) is 22.4 Å². The lowest BCUT2D eigenvalue weighted by molar-refractivity contribution is -0.216. The molecule has 0 saturated carbocycles. The average Bonchev–Trinajstić information content (AvgIpc) is 2.50. The molecule has 1 fully saturated rings. The number of nitrogens with zero attached hydrogens (tertiary/aromatic N) is 1. The first kappa shape index (κ1) is 16.2. The van der Waals surface area contributed by atoms with Crippen molar-refractivity contribution in [3.05, 3.63) is 35.4 Å². The van der Waals surface area contributed by atoms with E-state index in [0.717, 1.165) is 11.1 Å². The lowest BCUT2D eigenvalue weighted by atomic mass is 9.92. The highest BCUT2D eigenvalue weighted by Crippen LogP contribution is 2.23. The Kier molecular flexibility index (Phi) is 5.58. The second-order valence-corrected chi connectivity index (χ2v) is 5.46. The summed E-state index contributed by atoms with van der Waals surface area (Å²) >= 11 is 4.52. The number of hydrogen-bond acceptors (Lipinski definition) is 6. The standard InChI is InChI=1S/C15H19NO4S/c1-9-13(17)15(19)14(18)12(20-9)6-10-2-4-11(5-3-10)7-16-8-21/h2-5,9,12-15,17-19H,6-7H2,1H3. The van der Waals surface area contributed by atoms with Gasteiger partial charge in [0.2, 0.25) is 0 Å². The third kappa shape index (κ3) is 3.95. The Balaban J connectivity index is 2.02. The van der Waals surface area contributed by atoms with Crippen LogP contribution >= 0.6 is 12.2 Å². The van der Waals surface area contributed by atoms with Crippen LogP contribution in [-0.4, -0.2) is 51.0 Å². The Labute approximate surface area is 128 Å². The SMILES string of the molecule is CC1OC(Cc2ccc(CN=C=S)cc2)C(O)C(O)C1O. The molecule has 1 saturated heterocycles. The second-order valence-electron chi connectivity index (χ2n) is 5.28. The molecule has 3 N–H and O–H groups in total. The molecule has 0 radical (unpaired) electrons. The fraction of sp³-hybridized carbons (Fsp3) is 0.533. The van der Waals surface area contributed by atoms with Crippen LogP contribution in [0.2, 0.25) is 0 Å². The van der Waals surface area contributed by atoms with Gasteiger partial charge in [-0.3, -0.25) is 0 Å². The highest BCUT2D eigenvalue weighted by Gasteiger charge is 2.41. The van der Waals surface area contributed by atoms with Crippen LogP contribution < -0.4 is 0 Å². The summed E-state index contributed by atoms with van der Waals surface area (Å²) in [7, 11) is 0. The maximum atomic E-state index is 9.99. The van der Waals surface area contributed by atoms with Crippen molar-refractivity contribution in [3.8, 4) is 0 Å². The Morgan fingerprint density at radius 2 is 1.71 bits per heavy atom. The van der Waals surface area contributed by atoms with Crippen LogP contribution in [-0.2, 0) is 17.7 Å². The number of benzene rings is 1. The third-order valence-corrected chi connectivity index (χ3v) is 3.87. The highest BCUT2D eigenvalue weighted by atomic mass is 32.1. The summed E-state index contributed by atoms with van der Waals surface area (Å²) < 4.78 is 5.58. The first-order valence-corrected chi connectivity index (χ1v) is 7.25. The molecule has 0 bridgehead atoms. The largest absolute Gasteiger partial charge is 0.388 e. The van der Waals surface area contributed by atoms with Gasteiger partial charge in [-0.15, -0.1) is 0 Å². The van der Waals surface area contributed by atoms with Gasteiger partial charge in [-0.2, -0.15) is 0 Å². The zero-order valence-electron chi connectivity index (χ0n) is 11.7. The van der Waals surface area contributed by atoms with Gasteiger partial charge in [-0.1, -0.05) is 24.3 Å². The van der Waals surface area contributed by atoms with Gasteiger partial charge in [0.15, 0.2) is 0 Å². The lowest BCUT2D eigenvalue weighted by Crippen LogP contribution is -2.57. The predicted octanol–water partition coefficient (Wildman–Crippen LogP) is 0.702. The first-order valence-electron chi connectivity index (χ1n) is 6.84. The van der Waals surface area contributed by atoms with Crippen molar-refractivity contribution >= 4 is 17.4 Å². The van der Waals surface area contributed by atoms with E-state index in [-0.39, 0.29) is 0 Å². The molecule has 1 heterocycles. The Morgan fingerprint density at radius 3 is 2.33 bits per heavy atom. The van der Waals surface area contributed by atoms with E-state index in [1.54, 1.807) is 6.92 Å². The molecule has 5 atom stereocenters. The topological polar surface area (TPSA) is 82.3 Å². The number of thiocarbonyl (C=S) groups is 1. The number of hydrogen-bond donors (Lipinski definition) is 3. The van der Waals surface area contributed by atoms with Crippen molar-refractivity contribution in [1.29, 1.82) is 0 Å². The van der Waals surface area contributed by atoms with Crippen molar-refractivity contribution in [3.63, 3.8) is 0 Å². The summed E-state index contributed by atoms with van der Waals surface area (Å²) in [5.41, 5.74) is 2.00. The van der Waals surface area contributed by atoms with E-state index >= 15 is 0 Å². The quantitative estimate of drug-likeness (QED) is 0.563. The maximum absolute atomic E-state index is 9.99. The Hall–Kier alpha value is -1.14. The van der Waals surface area contributed by atoms with E-state index in [9.17, 15) is 15.3 Å². The molecular formula is C15H19NO4S. The van der Waals surface area contributed by atoms with Crippen LogP contribution in [0.1, 0.15) is 18.1 Å². The number of aliphatic imine (C=N–C) groups is 1. The number of ether oxygens (including phenoxy) is 1. The van der Waals surface area contributed by atoms with E-state index in [0.29, 0.717) is 13.0 Å². The molecule has 114 valence electrons. The molecule has 0 aromatic heterocycles. The van der Waals surface area contributed by atoms with Crippen LogP contribution in [0.4, 0.5) is 0 Å². The number of isothiocyanates is 1.